The third-order valence-corrected chi connectivity index (χ3v) is 5.00. The summed E-state index contributed by atoms with van der Waals surface area (Å²) in [6.45, 7) is 0. The number of methoxy groups -OCH3 is 1. The lowest BCUT2D eigenvalue weighted by Gasteiger charge is -2.03. The van der Waals surface area contributed by atoms with Gasteiger partial charge in [-0.25, -0.2) is 4.98 Å². The molecule has 0 fully saturated rings. The number of thiazole rings is 1. The quantitative estimate of drug-likeness (QED) is 0.515. The van der Waals surface area contributed by atoms with Crippen LogP contribution in [0.3, 0.4) is 0 Å². The zero-order valence-corrected chi connectivity index (χ0v) is 14.9. The second kappa shape index (κ2) is 6.98. The minimum atomic E-state index is -0.223. The fourth-order valence-corrected chi connectivity index (χ4v) is 3.72. The van der Waals surface area contributed by atoms with E-state index in [1.807, 2.05) is 48.5 Å². The first-order valence-corrected chi connectivity index (χ1v) is 8.96. The fourth-order valence-electron chi connectivity index (χ4n) is 2.83. The molecule has 26 heavy (non-hydrogen) atoms. The Labute approximate surface area is 154 Å². The molecule has 0 spiro atoms. The van der Waals surface area contributed by atoms with Gasteiger partial charge < -0.3 is 4.74 Å². The molecule has 3 aromatic carbocycles. The molecule has 4 nitrogen and oxygen atoms in total. The normalized spacial score (nSPS) is 11.3. The van der Waals surface area contributed by atoms with Crippen molar-refractivity contribution in [2.75, 3.05) is 12.4 Å². The van der Waals surface area contributed by atoms with Crippen LogP contribution in [0, 0.1) is 0 Å². The molecule has 0 saturated carbocycles. The van der Waals surface area contributed by atoms with E-state index in [0.29, 0.717) is 5.13 Å². The van der Waals surface area contributed by atoms with Gasteiger partial charge in [-0.2, -0.15) is 0 Å². The van der Waals surface area contributed by atoms with Crippen molar-refractivity contribution in [3.8, 4) is 5.75 Å². The lowest BCUT2D eigenvalue weighted by molar-refractivity contribution is -0.111. The summed E-state index contributed by atoms with van der Waals surface area (Å²) in [5.41, 5.74) is 1.76. The Balaban J connectivity index is 1.58. The van der Waals surface area contributed by atoms with Gasteiger partial charge in [0.15, 0.2) is 5.13 Å². The minimum absolute atomic E-state index is 0.223. The number of hydrogen-bond acceptors (Lipinski definition) is 4. The summed E-state index contributed by atoms with van der Waals surface area (Å²) in [6.07, 6.45) is 3.22. The molecule has 4 rings (SSSR count). The minimum Gasteiger partial charge on any atom is -0.496 e. The molecule has 1 aromatic heterocycles. The maximum atomic E-state index is 12.3. The lowest BCUT2D eigenvalue weighted by Crippen LogP contribution is -2.07. The van der Waals surface area contributed by atoms with Crippen molar-refractivity contribution in [1.82, 2.24) is 4.98 Å². The Morgan fingerprint density at radius 3 is 2.77 bits per heavy atom. The topological polar surface area (TPSA) is 51.2 Å². The van der Waals surface area contributed by atoms with Crippen LogP contribution in [0.15, 0.2) is 66.7 Å². The smallest absolute Gasteiger partial charge is 0.250 e. The third-order valence-electron chi connectivity index (χ3n) is 4.07. The van der Waals surface area contributed by atoms with Crippen molar-refractivity contribution in [3.05, 3.63) is 72.3 Å². The second-order valence-corrected chi connectivity index (χ2v) is 6.75. The monoisotopic (exact) mass is 360 g/mol. The van der Waals surface area contributed by atoms with Gasteiger partial charge in [0.1, 0.15) is 5.75 Å². The molecule has 0 aliphatic carbocycles. The highest BCUT2D eigenvalue weighted by Gasteiger charge is 2.09. The average Bonchev–Trinajstić information content (AvgIpc) is 3.09. The van der Waals surface area contributed by atoms with Crippen LogP contribution in [-0.2, 0) is 4.79 Å². The molecule has 0 aliphatic heterocycles. The Kier molecular flexibility index (Phi) is 4.37. The maximum Gasteiger partial charge on any atom is 0.250 e. The standard InChI is InChI=1S/C21H16N2O2S/c1-25-17-9-5-3-7-15(17)11-13-19(24)22-21-23-20-16-8-4-2-6-14(16)10-12-18(20)26-21/h2-13H,1H3,(H,22,23,24)/b13-11+. The maximum absolute atomic E-state index is 12.3. The summed E-state index contributed by atoms with van der Waals surface area (Å²) < 4.78 is 6.33. The van der Waals surface area contributed by atoms with E-state index in [1.165, 1.54) is 17.4 Å². The predicted molar refractivity (Wildman–Crippen MR) is 108 cm³/mol. The number of rotatable bonds is 4. The van der Waals surface area contributed by atoms with Gasteiger partial charge in [-0.15, -0.1) is 0 Å². The van der Waals surface area contributed by atoms with Crippen molar-refractivity contribution in [1.29, 1.82) is 0 Å². The predicted octanol–water partition coefficient (Wildman–Crippen LogP) is 5.11. The first-order valence-electron chi connectivity index (χ1n) is 8.15. The molecule has 5 heteroatoms. The molecule has 0 saturated heterocycles. The number of aromatic nitrogens is 1. The number of hydrogen-bond donors (Lipinski definition) is 1. The molecular formula is C21H16N2O2S. The first kappa shape index (κ1) is 16.3. The van der Waals surface area contributed by atoms with Gasteiger partial charge in [0.05, 0.1) is 17.3 Å². The van der Waals surface area contributed by atoms with Crippen molar-refractivity contribution >= 4 is 49.4 Å². The van der Waals surface area contributed by atoms with Gasteiger partial charge in [-0.1, -0.05) is 59.9 Å². The highest BCUT2D eigenvalue weighted by atomic mass is 32.1. The lowest BCUT2D eigenvalue weighted by atomic mass is 10.1. The van der Waals surface area contributed by atoms with Gasteiger partial charge in [-0.05, 0) is 23.6 Å². The first-order chi connectivity index (χ1) is 12.7. The molecule has 1 amide bonds. The molecule has 0 aliphatic rings. The molecule has 4 aromatic rings. The summed E-state index contributed by atoms with van der Waals surface area (Å²) in [5, 5.41) is 5.66. The highest BCUT2D eigenvalue weighted by Crippen LogP contribution is 2.31. The third kappa shape index (κ3) is 3.17. The van der Waals surface area contributed by atoms with E-state index < -0.39 is 0 Å². The van der Waals surface area contributed by atoms with Crippen LogP contribution in [0.5, 0.6) is 5.75 Å². The Hall–Kier alpha value is -3.18. The molecule has 1 N–H and O–H groups in total. The molecule has 0 bridgehead atoms. The van der Waals surface area contributed by atoms with E-state index in [9.17, 15) is 4.79 Å². The van der Waals surface area contributed by atoms with Crippen LogP contribution in [-0.4, -0.2) is 18.0 Å². The van der Waals surface area contributed by atoms with E-state index in [1.54, 1.807) is 13.2 Å². The summed E-state index contributed by atoms with van der Waals surface area (Å²) in [6, 6.07) is 19.8. The number of anilines is 1. The number of para-hydroxylation sites is 1. The van der Waals surface area contributed by atoms with Crippen molar-refractivity contribution in [3.63, 3.8) is 0 Å². The number of benzene rings is 3. The van der Waals surface area contributed by atoms with E-state index in [-0.39, 0.29) is 5.91 Å². The number of ether oxygens (including phenoxy) is 1. The molecular weight excluding hydrogens is 344 g/mol. The highest BCUT2D eigenvalue weighted by molar-refractivity contribution is 7.22. The molecule has 0 atom stereocenters. The Morgan fingerprint density at radius 1 is 1.08 bits per heavy atom. The van der Waals surface area contributed by atoms with Crippen molar-refractivity contribution in [2.24, 2.45) is 0 Å². The number of carbonyl (C=O) groups excluding carboxylic acids is 1. The van der Waals surface area contributed by atoms with Crippen LogP contribution < -0.4 is 10.1 Å². The number of nitrogens with one attached hydrogen (secondary N) is 1. The Bertz CT molecular complexity index is 1130. The van der Waals surface area contributed by atoms with Crippen LogP contribution in [0.2, 0.25) is 0 Å². The average molecular weight is 360 g/mol. The van der Waals surface area contributed by atoms with Gasteiger partial charge in [0.25, 0.3) is 0 Å². The van der Waals surface area contributed by atoms with Gasteiger partial charge in [-0.3, -0.25) is 10.1 Å². The molecule has 1 heterocycles. The van der Waals surface area contributed by atoms with E-state index in [0.717, 1.165) is 32.3 Å². The van der Waals surface area contributed by atoms with E-state index in [2.05, 4.69) is 22.4 Å². The second-order valence-electron chi connectivity index (χ2n) is 5.72. The zero-order valence-electron chi connectivity index (χ0n) is 14.1. The van der Waals surface area contributed by atoms with Gasteiger partial charge in [0.2, 0.25) is 5.91 Å². The van der Waals surface area contributed by atoms with E-state index in [4.69, 9.17) is 4.74 Å². The molecule has 128 valence electrons. The van der Waals surface area contributed by atoms with Crippen LogP contribution in [0.25, 0.3) is 27.1 Å². The van der Waals surface area contributed by atoms with E-state index >= 15 is 0 Å². The largest absolute Gasteiger partial charge is 0.496 e. The summed E-state index contributed by atoms with van der Waals surface area (Å²) in [5.74, 6) is 0.502. The number of nitrogens with zero attached hydrogens (tertiary/aromatic N) is 1. The summed E-state index contributed by atoms with van der Waals surface area (Å²) in [4.78, 5) is 16.9. The Morgan fingerprint density at radius 2 is 1.88 bits per heavy atom. The SMILES string of the molecule is COc1ccccc1/C=C/C(=O)Nc1nc2c(ccc3ccccc32)s1. The zero-order chi connectivity index (χ0) is 17.9. The van der Waals surface area contributed by atoms with Crippen LogP contribution in [0.4, 0.5) is 5.13 Å². The van der Waals surface area contributed by atoms with Gasteiger partial charge in [0, 0.05) is 17.0 Å². The fraction of sp³-hybridized carbons (Fsp3) is 0.0476. The van der Waals surface area contributed by atoms with Crippen molar-refractivity contribution < 1.29 is 9.53 Å². The molecule has 0 unspecified atom stereocenters. The number of carbonyl (C=O) groups is 1. The summed E-state index contributed by atoms with van der Waals surface area (Å²) >= 11 is 1.47. The van der Waals surface area contributed by atoms with Crippen LogP contribution in [0.1, 0.15) is 5.56 Å². The van der Waals surface area contributed by atoms with Gasteiger partial charge >= 0.3 is 0 Å². The van der Waals surface area contributed by atoms with Crippen LogP contribution >= 0.6 is 11.3 Å². The van der Waals surface area contributed by atoms with Crippen molar-refractivity contribution in [2.45, 2.75) is 0 Å². The summed E-state index contributed by atoms with van der Waals surface area (Å²) in [7, 11) is 1.61. The number of amides is 1. The number of fused-ring (bicyclic) bond motifs is 3. The molecule has 0 radical (unpaired) electrons.